The third-order valence-electron chi connectivity index (χ3n) is 10.5. The molecule has 0 aromatic heterocycles. The summed E-state index contributed by atoms with van der Waals surface area (Å²) in [6.07, 6.45) is 1.93. The number of carbonyl (C=O) groups excluding carboxylic acids is 2. The second-order valence-corrected chi connectivity index (χ2v) is 13.0. The highest BCUT2D eigenvalue weighted by atomic mass is 16.5. The van der Waals surface area contributed by atoms with E-state index in [0.717, 1.165) is 0 Å². The maximum absolute atomic E-state index is 13.0. The molecule has 0 radical (unpaired) electrons. The highest BCUT2D eigenvalue weighted by Crippen LogP contribution is 2.57. The van der Waals surface area contributed by atoms with Crippen molar-refractivity contribution in [3.63, 3.8) is 0 Å². The van der Waals surface area contributed by atoms with Crippen molar-refractivity contribution in [1.29, 1.82) is 0 Å². The highest BCUT2D eigenvalue weighted by Gasteiger charge is 2.59. The number of aliphatic carboxylic acids is 2. The first-order valence-corrected chi connectivity index (χ1v) is 14.0. The number of rotatable bonds is 8. The number of nitrogens with one attached hydrogen (secondary N) is 2. The molecule has 2 amide bonds. The third kappa shape index (κ3) is 5.18. The van der Waals surface area contributed by atoms with Crippen LogP contribution in [0.1, 0.15) is 67.2 Å². The number of carboxylic acid groups (broad SMARTS) is 2. The largest absolute Gasteiger partial charge is 0.481 e. The van der Waals surface area contributed by atoms with Crippen LogP contribution in [0.4, 0.5) is 11.4 Å². The van der Waals surface area contributed by atoms with E-state index in [-0.39, 0.29) is 11.8 Å². The van der Waals surface area contributed by atoms with Crippen molar-refractivity contribution in [1.82, 2.24) is 0 Å². The minimum atomic E-state index is -0.958. The van der Waals surface area contributed by atoms with Gasteiger partial charge in [0, 0.05) is 23.2 Å². The molecule has 0 unspecified atom stereocenters. The van der Waals surface area contributed by atoms with Crippen molar-refractivity contribution in [2.45, 2.75) is 67.2 Å². The van der Waals surface area contributed by atoms with Gasteiger partial charge in [0.25, 0.3) is 0 Å². The Morgan fingerprint density at radius 3 is 1.22 bits per heavy atom. The molecule has 0 saturated heterocycles. The van der Waals surface area contributed by atoms with E-state index in [1.165, 1.54) is 0 Å². The predicted molar refractivity (Wildman–Crippen MR) is 155 cm³/mol. The smallest absolute Gasteiger partial charge is 0.309 e. The first-order valence-electron chi connectivity index (χ1n) is 14.0. The van der Waals surface area contributed by atoms with Gasteiger partial charge >= 0.3 is 11.9 Å². The molecule has 0 heterocycles. The van der Waals surface area contributed by atoms with Crippen LogP contribution in [-0.2, 0) is 19.2 Å². The van der Waals surface area contributed by atoms with Gasteiger partial charge in [-0.2, -0.15) is 0 Å². The molecule has 4 N–H and O–H groups in total. The van der Waals surface area contributed by atoms with Crippen LogP contribution >= 0.6 is 0 Å². The Balaban J connectivity index is 1.33. The summed E-state index contributed by atoms with van der Waals surface area (Å²) in [7, 11) is 0. The number of carbonyl (C=O) groups is 4. The zero-order valence-electron chi connectivity index (χ0n) is 24.5. The van der Waals surface area contributed by atoms with E-state index in [0.29, 0.717) is 48.6 Å². The Hall–Kier alpha value is -3.88. The number of carboxylic acids is 2. The molecule has 9 nitrogen and oxygen atoms in total. The van der Waals surface area contributed by atoms with E-state index in [1.54, 1.807) is 62.4 Å². The molecule has 4 rings (SSSR count). The summed E-state index contributed by atoms with van der Waals surface area (Å²) in [6, 6.07) is 13.8. The first kappa shape index (κ1) is 30.1. The van der Waals surface area contributed by atoms with Crippen LogP contribution in [0.2, 0.25) is 0 Å². The van der Waals surface area contributed by atoms with E-state index in [9.17, 15) is 29.4 Å². The van der Waals surface area contributed by atoms with Gasteiger partial charge in [-0.1, -0.05) is 27.7 Å². The quantitative estimate of drug-likeness (QED) is 0.290. The second kappa shape index (κ2) is 10.5. The zero-order valence-corrected chi connectivity index (χ0v) is 24.5. The second-order valence-electron chi connectivity index (χ2n) is 13.0. The predicted octanol–water partition coefficient (Wildman–Crippen LogP) is 6.41. The van der Waals surface area contributed by atoms with Gasteiger partial charge in [-0.15, -0.1) is 0 Å². The lowest BCUT2D eigenvalue weighted by atomic mass is 9.65. The van der Waals surface area contributed by atoms with Crippen LogP contribution in [0, 0.1) is 33.5 Å². The van der Waals surface area contributed by atoms with Crippen LogP contribution in [-0.4, -0.2) is 34.0 Å². The molecule has 0 spiro atoms. The van der Waals surface area contributed by atoms with Crippen molar-refractivity contribution in [2.24, 2.45) is 33.5 Å². The fourth-order valence-corrected chi connectivity index (χ4v) is 6.49. The minimum Gasteiger partial charge on any atom is -0.481 e. The number of amides is 2. The van der Waals surface area contributed by atoms with Crippen LogP contribution in [0.25, 0.3) is 0 Å². The standard InChI is InChI=1S/C32H40N2O7/c1-29(2)23(15-17-31(29,5)27(37)38)25(35)33-19-7-11-21(12-8-19)41-22-13-9-20(10-14-22)34-26(36)24-16-18-32(6,28(39)40)30(24,3)4/h7-14,23-24H,15-18H2,1-6H3,(H,33,35)(H,34,36)(H,37,38)(H,39,40)/t23-,24+,31-,32-/m1/s1. The van der Waals surface area contributed by atoms with Crippen LogP contribution < -0.4 is 15.4 Å². The molecule has 0 aliphatic heterocycles. The number of hydrogen-bond acceptors (Lipinski definition) is 5. The molecule has 41 heavy (non-hydrogen) atoms. The van der Waals surface area contributed by atoms with E-state index >= 15 is 0 Å². The molecule has 2 aliphatic rings. The van der Waals surface area contributed by atoms with E-state index in [1.807, 2.05) is 27.7 Å². The topological polar surface area (TPSA) is 142 Å². The highest BCUT2D eigenvalue weighted by molar-refractivity contribution is 5.95. The summed E-state index contributed by atoms with van der Waals surface area (Å²) in [6.45, 7) is 10.8. The number of benzene rings is 2. The SMILES string of the molecule is CC1(C)[C@@H](C(=O)Nc2ccc(Oc3ccc(NC(=O)[C@@H]4CC[C@](C)(C(=O)O)C4(C)C)cc3)cc2)CC[C@]1(C)C(=O)O. The van der Waals surface area contributed by atoms with Gasteiger partial charge in [0.15, 0.2) is 0 Å². The molecule has 0 bridgehead atoms. The van der Waals surface area contributed by atoms with Gasteiger partial charge in [0.05, 0.1) is 10.8 Å². The Morgan fingerprint density at radius 2 is 0.951 bits per heavy atom. The van der Waals surface area contributed by atoms with Crippen LogP contribution in [0.3, 0.4) is 0 Å². The summed E-state index contributed by atoms with van der Waals surface area (Å²) in [4.78, 5) is 49.7. The molecular formula is C32H40N2O7. The van der Waals surface area contributed by atoms with Crippen molar-refractivity contribution < 1.29 is 34.1 Å². The molecule has 2 aromatic rings. The molecule has 220 valence electrons. The fourth-order valence-electron chi connectivity index (χ4n) is 6.49. The first-order chi connectivity index (χ1) is 19.0. The Labute approximate surface area is 240 Å². The average Bonchev–Trinajstić information content (AvgIpc) is 3.30. The Kier molecular flexibility index (Phi) is 7.71. The summed E-state index contributed by atoms with van der Waals surface area (Å²) < 4.78 is 5.92. The van der Waals surface area contributed by atoms with Gasteiger partial charge in [-0.05, 0) is 98.9 Å². The maximum atomic E-state index is 13.0. The molecule has 2 fully saturated rings. The lowest BCUT2D eigenvalue weighted by Crippen LogP contribution is -2.43. The van der Waals surface area contributed by atoms with Gasteiger partial charge in [-0.25, -0.2) is 0 Å². The Bertz CT molecular complexity index is 1250. The summed E-state index contributed by atoms with van der Waals surface area (Å²) in [5, 5.41) is 25.3. The average molecular weight is 565 g/mol. The third-order valence-corrected chi connectivity index (χ3v) is 10.5. The van der Waals surface area contributed by atoms with Crippen molar-refractivity contribution in [2.75, 3.05) is 10.6 Å². The fraction of sp³-hybridized carbons (Fsp3) is 0.500. The van der Waals surface area contributed by atoms with Crippen molar-refractivity contribution in [3.8, 4) is 11.5 Å². The van der Waals surface area contributed by atoms with E-state index in [2.05, 4.69) is 10.6 Å². The number of anilines is 2. The van der Waals surface area contributed by atoms with Crippen molar-refractivity contribution in [3.05, 3.63) is 48.5 Å². The number of hydrogen-bond donors (Lipinski definition) is 4. The van der Waals surface area contributed by atoms with Gasteiger partial charge in [-0.3, -0.25) is 19.2 Å². The molecule has 2 saturated carbocycles. The van der Waals surface area contributed by atoms with Gasteiger partial charge < -0.3 is 25.6 Å². The minimum absolute atomic E-state index is 0.195. The van der Waals surface area contributed by atoms with Crippen LogP contribution in [0.15, 0.2) is 48.5 Å². The summed E-state index contributed by atoms with van der Waals surface area (Å²) >= 11 is 0. The summed E-state index contributed by atoms with van der Waals surface area (Å²) in [5.74, 6) is -1.87. The van der Waals surface area contributed by atoms with Gasteiger partial charge in [0.1, 0.15) is 11.5 Å². The van der Waals surface area contributed by atoms with Crippen molar-refractivity contribution >= 4 is 35.1 Å². The molecule has 2 aliphatic carbocycles. The van der Waals surface area contributed by atoms with E-state index in [4.69, 9.17) is 4.74 Å². The normalized spacial score (nSPS) is 28.0. The monoisotopic (exact) mass is 564 g/mol. The molecule has 4 atom stereocenters. The Morgan fingerprint density at radius 1 is 0.634 bits per heavy atom. The van der Waals surface area contributed by atoms with Crippen LogP contribution in [0.5, 0.6) is 11.5 Å². The zero-order chi connectivity index (χ0) is 30.4. The molecule has 2 aromatic carbocycles. The van der Waals surface area contributed by atoms with E-state index < -0.39 is 45.4 Å². The lowest BCUT2D eigenvalue weighted by Gasteiger charge is -2.37. The molecule has 9 heteroatoms. The number of ether oxygens (including phenoxy) is 1. The maximum Gasteiger partial charge on any atom is 0.309 e. The summed E-state index contributed by atoms with van der Waals surface area (Å²) in [5.41, 5.74) is -2.11. The lowest BCUT2D eigenvalue weighted by molar-refractivity contribution is -0.156. The molecular weight excluding hydrogens is 524 g/mol. The van der Waals surface area contributed by atoms with Gasteiger partial charge in [0.2, 0.25) is 11.8 Å².